The summed E-state index contributed by atoms with van der Waals surface area (Å²) >= 11 is 1.88. The average molecular weight is 272 g/mol. The number of hydrogen-bond acceptors (Lipinski definition) is 1. The van der Waals surface area contributed by atoms with Crippen LogP contribution in [0.25, 0.3) is 0 Å². The molecule has 0 fully saturated rings. The molecule has 0 radical (unpaired) electrons. The Hall–Kier alpha value is -1.21. The third-order valence-electron chi connectivity index (χ3n) is 3.17. The molecule has 0 nitrogen and oxygen atoms in total. The van der Waals surface area contributed by atoms with E-state index in [0.29, 0.717) is 0 Å². The molecule has 1 rings (SSSR count). The van der Waals surface area contributed by atoms with E-state index in [1.165, 1.54) is 21.6 Å². The van der Waals surface area contributed by atoms with Gasteiger partial charge >= 0.3 is 0 Å². The summed E-state index contributed by atoms with van der Waals surface area (Å²) in [6, 6.07) is 4.49. The lowest BCUT2D eigenvalue weighted by Crippen LogP contribution is -2.16. The van der Waals surface area contributed by atoms with E-state index in [4.69, 9.17) is 0 Å². The summed E-state index contributed by atoms with van der Waals surface area (Å²) in [5, 5.41) is 0. The highest BCUT2D eigenvalue weighted by Gasteiger charge is 2.23. The van der Waals surface area contributed by atoms with Crippen molar-refractivity contribution in [3.63, 3.8) is 0 Å². The van der Waals surface area contributed by atoms with Gasteiger partial charge in [-0.2, -0.15) is 0 Å². The van der Waals surface area contributed by atoms with E-state index in [2.05, 4.69) is 59.9 Å². The van der Waals surface area contributed by atoms with Crippen LogP contribution in [0.3, 0.4) is 0 Å². The lowest BCUT2D eigenvalue weighted by Gasteiger charge is -2.27. The second kappa shape index (κ2) is 6.29. The van der Waals surface area contributed by atoms with Crippen LogP contribution in [0, 0.1) is 20.8 Å². The molecule has 0 spiro atoms. The van der Waals surface area contributed by atoms with E-state index in [-0.39, 0.29) is 4.75 Å². The Morgan fingerprint density at radius 2 is 1.68 bits per heavy atom. The molecule has 0 unspecified atom stereocenters. The van der Waals surface area contributed by atoms with Gasteiger partial charge in [0.15, 0.2) is 0 Å². The molecule has 19 heavy (non-hydrogen) atoms. The van der Waals surface area contributed by atoms with Gasteiger partial charge in [-0.05, 0) is 51.3 Å². The van der Waals surface area contributed by atoms with Crippen LogP contribution in [0.4, 0.5) is 0 Å². The molecule has 102 valence electrons. The number of aryl methyl sites for hydroxylation is 3. The summed E-state index contributed by atoms with van der Waals surface area (Å²) in [5.74, 6) is 0. The highest BCUT2D eigenvalue weighted by Crippen LogP contribution is 2.41. The SMILES string of the molecule is C=C/C=C\C(=C)C(C)(C)Sc1c(C)cc(C)cc1C. The predicted molar refractivity (Wildman–Crippen MR) is 89.1 cm³/mol. The van der Waals surface area contributed by atoms with Crippen molar-refractivity contribution in [2.75, 3.05) is 0 Å². The first-order valence-corrected chi connectivity index (χ1v) is 7.35. The molecule has 0 aliphatic rings. The third kappa shape index (κ3) is 4.14. The average Bonchev–Trinajstić information content (AvgIpc) is 2.30. The molecular formula is C18H24S. The Morgan fingerprint density at radius 3 is 2.16 bits per heavy atom. The monoisotopic (exact) mass is 272 g/mol. The minimum Gasteiger partial charge on any atom is -0.115 e. The van der Waals surface area contributed by atoms with Gasteiger partial charge in [0.1, 0.15) is 0 Å². The highest BCUT2D eigenvalue weighted by molar-refractivity contribution is 8.01. The van der Waals surface area contributed by atoms with Crippen LogP contribution in [-0.2, 0) is 0 Å². The van der Waals surface area contributed by atoms with Crippen molar-refractivity contribution in [1.82, 2.24) is 0 Å². The van der Waals surface area contributed by atoms with Crippen LogP contribution in [0.2, 0.25) is 0 Å². The molecule has 0 aromatic heterocycles. The molecular weight excluding hydrogens is 248 g/mol. The molecule has 0 saturated carbocycles. The van der Waals surface area contributed by atoms with Gasteiger partial charge in [0.25, 0.3) is 0 Å². The van der Waals surface area contributed by atoms with Gasteiger partial charge in [-0.1, -0.05) is 49.1 Å². The quantitative estimate of drug-likeness (QED) is 0.483. The molecule has 0 saturated heterocycles. The van der Waals surface area contributed by atoms with Crippen molar-refractivity contribution in [2.45, 2.75) is 44.3 Å². The molecule has 0 aliphatic carbocycles. The first-order valence-electron chi connectivity index (χ1n) is 6.53. The maximum atomic E-state index is 4.18. The number of rotatable bonds is 5. The maximum Gasteiger partial charge on any atom is 0.0393 e. The molecule has 0 N–H and O–H groups in total. The zero-order valence-corrected chi connectivity index (χ0v) is 13.5. The van der Waals surface area contributed by atoms with E-state index in [0.717, 1.165) is 5.57 Å². The number of thioether (sulfide) groups is 1. The molecule has 1 aromatic carbocycles. The van der Waals surface area contributed by atoms with Crippen molar-refractivity contribution >= 4 is 11.8 Å². The van der Waals surface area contributed by atoms with Crippen molar-refractivity contribution in [1.29, 1.82) is 0 Å². The van der Waals surface area contributed by atoms with E-state index in [1.807, 2.05) is 23.9 Å². The summed E-state index contributed by atoms with van der Waals surface area (Å²) < 4.78 is -0.0235. The second-order valence-corrected chi connectivity index (χ2v) is 7.09. The number of benzene rings is 1. The van der Waals surface area contributed by atoms with Gasteiger partial charge in [-0.25, -0.2) is 0 Å². The zero-order chi connectivity index (χ0) is 14.6. The van der Waals surface area contributed by atoms with Crippen LogP contribution < -0.4 is 0 Å². The predicted octanol–water partition coefficient (Wildman–Crippen LogP) is 5.78. The highest BCUT2D eigenvalue weighted by atomic mass is 32.2. The van der Waals surface area contributed by atoms with E-state index in [1.54, 1.807) is 6.08 Å². The molecule has 0 bridgehead atoms. The number of hydrogen-bond donors (Lipinski definition) is 0. The minimum absolute atomic E-state index is 0.0235. The van der Waals surface area contributed by atoms with Crippen LogP contribution in [0.1, 0.15) is 30.5 Å². The van der Waals surface area contributed by atoms with Gasteiger partial charge in [0.05, 0.1) is 0 Å². The zero-order valence-electron chi connectivity index (χ0n) is 12.7. The summed E-state index contributed by atoms with van der Waals surface area (Å²) in [6.45, 7) is 18.8. The normalized spacial score (nSPS) is 11.8. The summed E-state index contributed by atoms with van der Waals surface area (Å²) in [6.07, 6.45) is 5.77. The van der Waals surface area contributed by atoms with Crippen molar-refractivity contribution in [2.24, 2.45) is 0 Å². The van der Waals surface area contributed by atoms with E-state index >= 15 is 0 Å². The second-order valence-electron chi connectivity index (χ2n) is 5.46. The van der Waals surface area contributed by atoms with Crippen molar-refractivity contribution < 1.29 is 0 Å². The Balaban J connectivity index is 3.04. The van der Waals surface area contributed by atoms with E-state index in [9.17, 15) is 0 Å². The van der Waals surface area contributed by atoms with Crippen LogP contribution in [-0.4, -0.2) is 4.75 Å². The van der Waals surface area contributed by atoms with Gasteiger partial charge in [0, 0.05) is 9.64 Å². The Labute approximate surface area is 122 Å². The lowest BCUT2D eigenvalue weighted by molar-refractivity contribution is 0.858. The first-order chi connectivity index (χ1) is 8.77. The van der Waals surface area contributed by atoms with Crippen LogP contribution in [0.5, 0.6) is 0 Å². The van der Waals surface area contributed by atoms with Crippen molar-refractivity contribution in [3.05, 3.63) is 65.8 Å². The van der Waals surface area contributed by atoms with Crippen LogP contribution in [0.15, 0.2) is 54.0 Å². The molecule has 0 heterocycles. The molecule has 1 heteroatoms. The topological polar surface area (TPSA) is 0 Å². The fraction of sp³-hybridized carbons (Fsp3) is 0.333. The Kier molecular flexibility index (Phi) is 5.25. The fourth-order valence-electron chi connectivity index (χ4n) is 2.03. The lowest BCUT2D eigenvalue weighted by atomic mass is 10.0. The molecule has 0 aliphatic heterocycles. The van der Waals surface area contributed by atoms with Gasteiger partial charge in [0.2, 0.25) is 0 Å². The standard InChI is InChI=1S/C18H24S/c1-8-9-10-16(5)18(6,7)19-17-14(3)11-13(2)12-15(17)4/h8-12H,1,5H2,2-4,6-7H3/b10-9-. The number of allylic oxidation sites excluding steroid dienone is 3. The summed E-state index contributed by atoms with van der Waals surface area (Å²) in [7, 11) is 0. The Morgan fingerprint density at radius 1 is 1.16 bits per heavy atom. The molecule has 0 amide bonds. The summed E-state index contributed by atoms with van der Waals surface area (Å²) in [5.41, 5.74) is 5.12. The van der Waals surface area contributed by atoms with Crippen LogP contribution >= 0.6 is 11.8 Å². The van der Waals surface area contributed by atoms with Gasteiger partial charge in [-0.3, -0.25) is 0 Å². The molecule has 0 atom stereocenters. The van der Waals surface area contributed by atoms with Crippen molar-refractivity contribution in [3.8, 4) is 0 Å². The van der Waals surface area contributed by atoms with E-state index < -0.39 is 0 Å². The maximum absolute atomic E-state index is 4.18. The van der Waals surface area contributed by atoms with Gasteiger partial charge in [-0.15, -0.1) is 11.8 Å². The smallest absolute Gasteiger partial charge is 0.0393 e. The fourth-order valence-corrected chi connectivity index (χ4v) is 3.18. The minimum atomic E-state index is -0.0235. The first kappa shape index (κ1) is 15.8. The van der Waals surface area contributed by atoms with Gasteiger partial charge < -0.3 is 0 Å². The Bertz CT molecular complexity index is 495. The largest absolute Gasteiger partial charge is 0.115 e. The third-order valence-corrected chi connectivity index (χ3v) is 4.79. The summed E-state index contributed by atoms with van der Waals surface area (Å²) in [4.78, 5) is 1.36. The molecule has 1 aromatic rings.